The van der Waals surface area contributed by atoms with Gasteiger partial charge in [-0.1, -0.05) is 29.8 Å². The van der Waals surface area contributed by atoms with Crippen LogP contribution in [0.25, 0.3) is 11.4 Å². The molecule has 1 heterocycles. The lowest BCUT2D eigenvalue weighted by Crippen LogP contribution is -2.06. The highest BCUT2D eigenvalue weighted by molar-refractivity contribution is 14.1. The van der Waals surface area contributed by atoms with Crippen LogP contribution in [0.5, 0.6) is 0 Å². The molecule has 2 N–H and O–H groups in total. The highest BCUT2D eigenvalue weighted by atomic mass is 127. The molecule has 0 saturated heterocycles. The lowest BCUT2D eigenvalue weighted by Gasteiger charge is -2.13. The average molecular weight is 446 g/mol. The van der Waals surface area contributed by atoms with Crippen LogP contribution in [0.2, 0.25) is 0 Å². The molecule has 0 atom stereocenters. The van der Waals surface area contributed by atoms with Gasteiger partial charge in [0.1, 0.15) is 5.82 Å². The minimum Gasteiger partial charge on any atom is -0.383 e. The Labute approximate surface area is 141 Å². The summed E-state index contributed by atoms with van der Waals surface area (Å²) in [6, 6.07) is 4.17. The third kappa shape index (κ3) is 2.98. The number of rotatable bonds is 2. The second-order valence-electron chi connectivity index (χ2n) is 5.21. The van der Waals surface area contributed by atoms with E-state index in [9.17, 15) is 0 Å². The van der Waals surface area contributed by atoms with Crippen LogP contribution in [0.4, 0.5) is 5.82 Å². The van der Waals surface area contributed by atoms with Crippen molar-refractivity contribution in [1.82, 2.24) is 9.97 Å². The minimum atomic E-state index is 0.323. The standard InChI is InChI=1S/C15H17BrIN3/c1-7(2)13-12(17)14(18)20-15(19-13)10-5-8(3)11(16)9(4)6-10/h5-7H,1-4H3,(H2,18,19,20). The molecule has 3 nitrogen and oxygen atoms in total. The van der Waals surface area contributed by atoms with E-state index in [4.69, 9.17) is 10.7 Å². The molecule has 0 fully saturated rings. The number of hydrogen-bond donors (Lipinski definition) is 1. The minimum absolute atomic E-state index is 0.323. The Bertz CT molecular complexity index is 645. The topological polar surface area (TPSA) is 51.8 Å². The summed E-state index contributed by atoms with van der Waals surface area (Å²) in [6.45, 7) is 8.37. The van der Waals surface area contributed by atoms with Gasteiger partial charge in [0.05, 0.1) is 9.26 Å². The molecule has 0 saturated carbocycles. The molecule has 0 unspecified atom stereocenters. The van der Waals surface area contributed by atoms with Gasteiger partial charge < -0.3 is 5.73 Å². The van der Waals surface area contributed by atoms with Gasteiger partial charge in [-0.15, -0.1) is 0 Å². The third-order valence-corrected chi connectivity index (χ3v) is 5.50. The maximum absolute atomic E-state index is 6.03. The molecule has 0 spiro atoms. The molecule has 20 heavy (non-hydrogen) atoms. The van der Waals surface area contributed by atoms with Gasteiger partial charge >= 0.3 is 0 Å². The molecular formula is C15H17BrIN3. The van der Waals surface area contributed by atoms with Crippen molar-refractivity contribution >= 4 is 44.3 Å². The number of hydrogen-bond acceptors (Lipinski definition) is 3. The zero-order valence-electron chi connectivity index (χ0n) is 12.0. The predicted molar refractivity (Wildman–Crippen MR) is 95.9 cm³/mol. The Morgan fingerprint density at radius 3 is 2.20 bits per heavy atom. The van der Waals surface area contributed by atoms with Crippen molar-refractivity contribution in [2.24, 2.45) is 0 Å². The Morgan fingerprint density at radius 1 is 1.15 bits per heavy atom. The summed E-state index contributed by atoms with van der Waals surface area (Å²) in [5.41, 5.74) is 10.4. The van der Waals surface area contributed by atoms with E-state index in [0.717, 1.165) is 19.3 Å². The quantitative estimate of drug-likeness (QED) is 0.673. The van der Waals surface area contributed by atoms with Gasteiger partial charge in [-0.3, -0.25) is 0 Å². The Hall–Kier alpha value is -0.690. The third-order valence-electron chi connectivity index (χ3n) is 3.14. The zero-order chi connectivity index (χ0) is 15.0. The van der Waals surface area contributed by atoms with Crippen molar-refractivity contribution < 1.29 is 0 Å². The van der Waals surface area contributed by atoms with Crippen LogP contribution in [-0.2, 0) is 0 Å². The van der Waals surface area contributed by atoms with E-state index in [2.05, 4.69) is 83.3 Å². The zero-order valence-corrected chi connectivity index (χ0v) is 15.7. The van der Waals surface area contributed by atoms with Gasteiger partial charge in [-0.05, 0) is 65.6 Å². The van der Waals surface area contributed by atoms with Crippen molar-refractivity contribution in [2.45, 2.75) is 33.6 Å². The summed E-state index contributed by atoms with van der Waals surface area (Å²) < 4.78 is 2.08. The first-order valence-corrected chi connectivity index (χ1v) is 8.28. The first kappa shape index (κ1) is 15.7. The molecule has 1 aromatic carbocycles. The first-order chi connectivity index (χ1) is 9.31. The molecule has 5 heteroatoms. The van der Waals surface area contributed by atoms with E-state index < -0.39 is 0 Å². The monoisotopic (exact) mass is 445 g/mol. The Morgan fingerprint density at radius 2 is 1.70 bits per heavy atom. The lowest BCUT2D eigenvalue weighted by atomic mass is 10.1. The fraction of sp³-hybridized carbons (Fsp3) is 0.333. The summed E-state index contributed by atoms with van der Waals surface area (Å²) >= 11 is 5.80. The highest BCUT2D eigenvalue weighted by Crippen LogP contribution is 2.30. The fourth-order valence-electron chi connectivity index (χ4n) is 2.07. The van der Waals surface area contributed by atoms with E-state index >= 15 is 0 Å². The van der Waals surface area contributed by atoms with Gasteiger partial charge in [0.2, 0.25) is 0 Å². The molecule has 0 aliphatic heterocycles. The van der Waals surface area contributed by atoms with Crippen LogP contribution in [0, 0.1) is 17.4 Å². The normalized spacial score (nSPS) is 11.2. The highest BCUT2D eigenvalue weighted by Gasteiger charge is 2.15. The van der Waals surface area contributed by atoms with E-state index in [-0.39, 0.29) is 0 Å². The second-order valence-corrected chi connectivity index (χ2v) is 7.08. The largest absolute Gasteiger partial charge is 0.383 e. The molecule has 0 aliphatic carbocycles. The summed E-state index contributed by atoms with van der Waals surface area (Å²) in [5, 5.41) is 0. The maximum Gasteiger partial charge on any atom is 0.161 e. The van der Waals surface area contributed by atoms with Crippen molar-refractivity contribution in [3.05, 3.63) is 37.0 Å². The number of aromatic nitrogens is 2. The molecule has 1 aromatic heterocycles. The number of halogens is 2. The molecule has 0 bridgehead atoms. The van der Waals surface area contributed by atoms with Crippen LogP contribution in [0.1, 0.15) is 36.6 Å². The smallest absolute Gasteiger partial charge is 0.161 e. The molecular weight excluding hydrogens is 429 g/mol. The van der Waals surface area contributed by atoms with Crippen molar-refractivity contribution in [3.8, 4) is 11.4 Å². The average Bonchev–Trinajstić information content (AvgIpc) is 2.38. The first-order valence-electron chi connectivity index (χ1n) is 6.41. The van der Waals surface area contributed by atoms with Crippen molar-refractivity contribution in [3.63, 3.8) is 0 Å². The number of aryl methyl sites for hydroxylation is 2. The van der Waals surface area contributed by atoms with Crippen molar-refractivity contribution in [2.75, 3.05) is 5.73 Å². The lowest BCUT2D eigenvalue weighted by molar-refractivity contribution is 0.810. The number of benzene rings is 1. The van der Waals surface area contributed by atoms with E-state index in [1.54, 1.807) is 0 Å². The molecule has 2 rings (SSSR count). The maximum atomic E-state index is 6.03. The molecule has 106 valence electrons. The SMILES string of the molecule is Cc1cc(-c2nc(N)c(I)c(C(C)C)n2)cc(C)c1Br. The van der Waals surface area contributed by atoms with Gasteiger partial charge in [-0.2, -0.15) is 0 Å². The summed E-state index contributed by atoms with van der Waals surface area (Å²) in [6.07, 6.45) is 0. The Balaban J connectivity index is 2.64. The number of anilines is 1. The van der Waals surface area contributed by atoms with E-state index in [1.807, 2.05) is 0 Å². The molecule has 2 aromatic rings. The van der Waals surface area contributed by atoms with Crippen LogP contribution >= 0.6 is 38.5 Å². The van der Waals surface area contributed by atoms with Gasteiger partial charge in [0, 0.05) is 10.0 Å². The van der Waals surface area contributed by atoms with Crippen LogP contribution in [-0.4, -0.2) is 9.97 Å². The molecule has 0 amide bonds. The van der Waals surface area contributed by atoms with E-state index in [1.165, 1.54) is 11.1 Å². The summed E-state index contributed by atoms with van der Waals surface area (Å²) in [4.78, 5) is 9.14. The van der Waals surface area contributed by atoms with E-state index in [0.29, 0.717) is 17.6 Å². The summed E-state index contributed by atoms with van der Waals surface area (Å²) in [5.74, 6) is 1.58. The van der Waals surface area contributed by atoms with Gasteiger partial charge in [-0.25, -0.2) is 9.97 Å². The van der Waals surface area contributed by atoms with Crippen molar-refractivity contribution in [1.29, 1.82) is 0 Å². The number of nitrogen functional groups attached to an aromatic ring is 1. The van der Waals surface area contributed by atoms with Gasteiger partial charge in [0.15, 0.2) is 5.82 Å². The number of nitrogens with two attached hydrogens (primary N) is 1. The van der Waals surface area contributed by atoms with Crippen LogP contribution in [0.15, 0.2) is 16.6 Å². The fourth-order valence-corrected chi connectivity index (χ4v) is 3.16. The van der Waals surface area contributed by atoms with Crippen LogP contribution in [0.3, 0.4) is 0 Å². The number of nitrogens with zero attached hydrogens (tertiary/aromatic N) is 2. The molecule has 0 radical (unpaired) electrons. The summed E-state index contributed by atoms with van der Waals surface area (Å²) in [7, 11) is 0. The van der Waals surface area contributed by atoms with Gasteiger partial charge in [0.25, 0.3) is 0 Å². The second kappa shape index (κ2) is 5.97. The Kier molecular flexibility index (Phi) is 4.69. The predicted octanol–water partition coefficient (Wildman–Crippen LogP) is 4.83. The van der Waals surface area contributed by atoms with Crippen LogP contribution < -0.4 is 5.73 Å². The molecule has 0 aliphatic rings.